The maximum atomic E-state index is 13.2. The molecule has 2 spiro atoms. The fourth-order valence-electron chi connectivity index (χ4n) is 14.2. The van der Waals surface area contributed by atoms with Crippen LogP contribution in [0.15, 0.2) is 0 Å². The molecule has 0 aromatic rings. The minimum Gasteiger partial charge on any atom is -0.446 e. The Morgan fingerprint density at radius 1 is 1.02 bits per heavy atom. The van der Waals surface area contributed by atoms with Crippen molar-refractivity contribution in [1.82, 2.24) is 15.1 Å². The number of rotatable bonds is 7. The molecule has 5 saturated carbocycles. The fraction of sp³-hybridized carbons (Fsp3) is 0.950. The molecule has 0 bridgehead atoms. The van der Waals surface area contributed by atoms with E-state index in [1.807, 2.05) is 4.90 Å². The SMILES string of the molecule is CC(C)[C@@H](OC(=O)N1CCC1)[C@H]1C[C@@H](C)[C@H]2[C@H](O1)[C@H](O)[C@@]1(C)[C@@H]3CC[C@H]4C(C)(C)[C@@H](OC(=O)NCCN5CC(F)C5)CC[C@@]45CC35CC[C@]21C. The van der Waals surface area contributed by atoms with E-state index >= 15 is 0 Å². The summed E-state index contributed by atoms with van der Waals surface area (Å²) in [7, 11) is 0. The lowest BCUT2D eigenvalue weighted by Gasteiger charge is -2.63. The fourth-order valence-corrected chi connectivity index (χ4v) is 14.2. The van der Waals surface area contributed by atoms with Gasteiger partial charge in [0.05, 0.1) is 18.3 Å². The Morgan fingerprint density at radius 3 is 2.38 bits per heavy atom. The lowest BCUT2D eigenvalue weighted by molar-refractivity contribution is -0.185. The summed E-state index contributed by atoms with van der Waals surface area (Å²) < 4.78 is 32.5. The number of nitrogens with one attached hydrogen (secondary N) is 1. The first-order valence-corrected chi connectivity index (χ1v) is 20.2. The zero-order valence-electron chi connectivity index (χ0n) is 31.7. The van der Waals surface area contributed by atoms with E-state index in [4.69, 9.17) is 14.2 Å². The molecular weight excluding hydrogens is 637 g/mol. The molecule has 8 rings (SSSR count). The summed E-state index contributed by atoms with van der Waals surface area (Å²) in [5.41, 5.74) is -0.00101. The van der Waals surface area contributed by atoms with Gasteiger partial charge in [0.1, 0.15) is 18.4 Å². The normalized spacial score (nSPS) is 48.1. The van der Waals surface area contributed by atoms with Crippen molar-refractivity contribution in [2.45, 2.75) is 143 Å². The number of alkyl halides is 1. The maximum absolute atomic E-state index is 13.2. The van der Waals surface area contributed by atoms with Crippen LogP contribution in [-0.2, 0) is 14.2 Å². The smallest absolute Gasteiger partial charge is 0.410 e. The van der Waals surface area contributed by atoms with E-state index in [1.165, 1.54) is 12.8 Å². The molecule has 2 N–H and O–H groups in total. The molecule has 1 unspecified atom stereocenters. The van der Waals surface area contributed by atoms with E-state index in [2.05, 4.69) is 53.8 Å². The zero-order valence-corrected chi connectivity index (χ0v) is 31.7. The highest BCUT2D eigenvalue weighted by atomic mass is 19.1. The van der Waals surface area contributed by atoms with Crippen molar-refractivity contribution in [2.75, 3.05) is 39.3 Å². The van der Waals surface area contributed by atoms with E-state index in [0.717, 1.165) is 58.0 Å². The van der Waals surface area contributed by atoms with E-state index < -0.39 is 12.3 Å². The number of carbonyl (C=O) groups excluding carboxylic acids is 2. The summed E-state index contributed by atoms with van der Waals surface area (Å²) in [4.78, 5) is 29.7. The topological polar surface area (TPSA) is 101 Å². The average Bonchev–Trinajstić information content (AvgIpc) is 3.64. The third-order valence-corrected chi connectivity index (χ3v) is 17.0. The second-order valence-corrected chi connectivity index (χ2v) is 19.7. The van der Waals surface area contributed by atoms with Crippen molar-refractivity contribution in [2.24, 2.45) is 56.7 Å². The molecule has 8 aliphatic rings. The van der Waals surface area contributed by atoms with E-state index in [-0.39, 0.29) is 75.5 Å². The number of nitrogens with zero attached hydrogens (tertiary/aromatic N) is 2. The molecule has 0 radical (unpaired) electrons. The van der Waals surface area contributed by atoms with Gasteiger partial charge in [0.25, 0.3) is 0 Å². The highest BCUT2D eigenvalue weighted by molar-refractivity contribution is 5.68. The molecule has 13 atom stereocenters. The molecule has 282 valence electrons. The summed E-state index contributed by atoms with van der Waals surface area (Å²) in [6.07, 6.45) is 6.69. The molecule has 5 aliphatic carbocycles. The molecule has 50 heavy (non-hydrogen) atoms. The highest BCUT2D eigenvalue weighted by Gasteiger charge is 2.84. The Kier molecular flexibility index (Phi) is 8.44. The maximum Gasteiger partial charge on any atom is 0.410 e. The number of halogens is 1. The standard InChI is InChI=1S/C40H64FN3O6/c1-23(2)31(50-35(47)44-16-8-17-44)26-19-24(3)30-32(48-26)33(45)38(7)28-10-9-27-36(4,5)29(49-34(46)42-15-18-43-20-25(41)21-43)11-12-39(27)22-40(28,39)14-13-37(30,38)6/h23-33,45H,8-22H2,1-7H3,(H,42,46)/t24-,26-,27+,28+,29+,30+,31-,32+,33+,37-,38-,39-,40?/m1/s1. The van der Waals surface area contributed by atoms with Gasteiger partial charge in [-0.1, -0.05) is 48.5 Å². The summed E-state index contributed by atoms with van der Waals surface area (Å²) >= 11 is 0. The van der Waals surface area contributed by atoms with Crippen LogP contribution in [0.1, 0.15) is 106 Å². The number of alkyl carbamates (subject to hydrolysis) is 1. The summed E-state index contributed by atoms with van der Waals surface area (Å²) in [6.45, 7) is 19.7. The van der Waals surface area contributed by atoms with Crippen LogP contribution in [0.4, 0.5) is 14.0 Å². The predicted octanol–water partition coefficient (Wildman–Crippen LogP) is 6.42. The molecule has 0 aromatic heterocycles. The van der Waals surface area contributed by atoms with E-state index in [0.29, 0.717) is 43.9 Å². The third kappa shape index (κ3) is 4.84. The first kappa shape index (κ1) is 35.4. The molecule has 2 amide bonds. The van der Waals surface area contributed by atoms with Gasteiger partial charge in [0.2, 0.25) is 0 Å². The monoisotopic (exact) mass is 701 g/mol. The van der Waals surface area contributed by atoms with Gasteiger partial charge >= 0.3 is 12.2 Å². The lowest BCUT2D eigenvalue weighted by atomic mass is 9.41. The predicted molar refractivity (Wildman–Crippen MR) is 187 cm³/mol. The van der Waals surface area contributed by atoms with Crippen LogP contribution in [0.5, 0.6) is 0 Å². The van der Waals surface area contributed by atoms with Crippen LogP contribution in [0, 0.1) is 56.7 Å². The van der Waals surface area contributed by atoms with Gasteiger partial charge in [-0.05, 0) is 104 Å². The minimum atomic E-state index is -0.737. The molecule has 3 aliphatic heterocycles. The summed E-state index contributed by atoms with van der Waals surface area (Å²) in [6, 6.07) is 0. The third-order valence-electron chi connectivity index (χ3n) is 17.0. The average molecular weight is 702 g/mol. The second kappa shape index (κ2) is 11.9. The van der Waals surface area contributed by atoms with E-state index in [9.17, 15) is 19.1 Å². The second-order valence-electron chi connectivity index (χ2n) is 19.7. The van der Waals surface area contributed by atoms with Crippen molar-refractivity contribution in [3.63, 3.8) is 0 Å². The van der Waals surface area contributed by atoms with Crippen molar-refractivity contribution in [1.29, 1.82) is 0 Å². The number of amides is 2. The van der Waals surface area contributed by atoms with Gasteiger partial charge in [-0.15, -0.1) is 0 Å². The molecular formula is C40H64FN3O6. The van der Waals surface area contributed by atoms with Crippen molar-refractivity contribution >= 4 is 12.2 Å². The number of carbonyl (C=O) groups is 2. The minimum absolute atomic E-state index is 0.0370. The number of aliphatic hydroxyl groups is 1. The molecule has 3 saturated heterocycles. The Balaban J connectivity index is 0.978. The lowest BCUT2D eigenvalue weighted by Crippen LogP contribution is -2.60. The first-order valence-electron chi connectivity index (χ1n) is 20.2. The molecule has 0 aromatic carbocycles. The van der Waals surface area contributed by atoms with Gasteiger partial charge in [-0.2, -0.15) is 0 Å². The molecule has 8 fully saturated rings. The Hall–Kier alpha value is -1.65. The largest absolute Gasteiger partial charge is 0.446 e. The molecule has 3 heterocycles. The highest BCUT2D eigenvalue weighted by Crippen LogP contribution is 2.89. The zero-order chi connectivity index (χ0) is 35.6. The van der Waals surface area contributed by atoms with Crippen molar-refractivity contribution in [3.8, 4) is 0 Å². The summed E-state index contributed by atoms with van der Waals surface area (Å²) in [5, 5.41) is 15.6. The van der Waals surface area contributed by atoms with Crippen LogP contribution in [-0.4, -0.2) is 103 Å². The van der Waals surface area contributed by atoms with Crippen LogP contribution >= 0.6 is 0 Å². The Morgan fingerprint density at radius 2 is 1.72 bits per heavy atom. The number of ether oxygens (including phenoxy) is 3. The van der Waals surface area contributed by atoms with Gasteiger partial charge in [0.15, 0.2) is 0 Å². The van der Waals surface area contributed by atoms with Gasteiger partial charge in [-0.3, -0.25) is 4.90 Å². The quantitative estimate of drug-likeness (QED) is 0.316. The number of aliphatic hydroxyl groups excluding tert-OH is 1. The Labute approximate surface area is 299 Å². The molecule has 9 nitrogen and oxygen atoms in total. The number of likely N-dealkylation sites (tertiary alicyclic amines) is 2. The van der Waals surface area contributed by atoms with E-state index in [1.54, 1.807) is 4.90 Å². The number of hydrogen-bond donors (Lipinski definition) is 2. The van der Waals surface area contributed by atoms with Gasteiger partial charge < -0.3 is 29.5 Å². The summed E-state index contributed by atoms with van der Waals surface area (Å²) in [5.74, 6) is 1.64. The van der Waals surface area contributed by atoms with Gasteiger partial charge in [0, 0.05) is 50.1 Å². The van der Waals surface area contributed by atoms with Crippen molar-refractivity contribution in [3.05, 3.63) is 0 Å². The molecule has 10 heteroatoms. The Bertz CT molecular complexity index is 1350. The van der Waals surface area contributed by atoms with Crippen molar-refractivity contribution < 1.29 is 33.3 Å². The van der Waals surface area contributed by atoms with Gasteiger partial charge in [-0.25, -0.2) is 14.0 Å². The van der Waals surface area contributed by atoms with Crippen LogP contribution < -0.4 is 5.32 Å². The van der Waals surface area contributed by atoms with Crippen LogP contribution in [0.2, 0.25) is 0 Å². The first-order chi connectivity index (χ1) is 23.6. The number of fused-ring (bicyclic) bond motifs is 4. The van der Waals surface area contributed by atoms with Crippen LogP contribution in [0.25, 0.3) is 0 Å². The number of hydrogen-bond acceptors (Lipinski definition) is 7. The van der Waals surface area contributed by atoms with Crippen LogP contribution in [0.3, 0.4) is 0 Å².